The zero-order chi connectivity index (χ0) is 24.7. The van der Waals surface area contributed by atoms with Crippen LogP contribution in [0, 0.1) is 5.92 Å². The number of halogens is 1. The van der Waals surface area contributed by atoms with E-state index in [0.717, 1.165) is 53.0 Å². The van der Waals surface area contributed by atoms with E-state index in [0.29, 0.717) is 18.1 Å². The van der Waals surface area contributed by atoms with E-state index in [-0.39, 0.29) is 11.0 Å². The second-order valence-corrected chi connectivity index (χ2v) is 9.84. The molecule has 3 rings (SSSR count). The molecule has 0 aromatic heterocycles. The number of rotatable bonds is 13. The molecule has 0 bridgehead atoms. The van der Waals surface area contributed by atoms with Crippen LogP contribution in [-0.2, 0) is 11.2 Å². The fourth-order valence-electron chi connectivity index (χ4n) is 4.71. The van der Waals surface area contributed by atoms with Crippen molar-refractivity contribution < 1.29 is 14.6 Å². The van der Waals surface area contributed by atoms with Crippen molar-refractivity contribution in [2.75, 3.05) is 12.3 Å². The summed E-state index contributed by atoms with van der Waals surface area (Å²) < 4.78 is 5.94. The van der Waals surface area contributed by atoms with E-state index < -0.39 is 5.97 Å². The molecule has 1 aliphatic carbocycles. The lowest BCUT2D eigenvalue weighted by atomic mass is 9.66. The minimum Gasteiger partial charge on any atom is -0.494 e. The minimum atomic E-state index is -1.11. The molecule has 0 amide bonds. The van der Waals surface area contributed by atoms with Gasteiger partial charge in [0, 0.05) is 11.6 Å². The molecule has 2 atom stereocenters. The van der Waals surface area contributed by atoms with Crippen LogP contribution in [0.4, 0.5) is 5.69 Å². The molecule has 0 heterocycles. The molecule has 0 radical (unpaired) electrons. The Labute approximate surface area is 209 Å². The second-order valence-electron chi connectivity index (χ2n) is 9.46. The number of nitrogens with two attached hydrogens (primary N) is 1. The Morgan fingerprint density at radius 2 is 1.74 bits per heavy atom. The zero-order valence-electron chi connectivity index (χ0n) is 20.7. The largest absolute Gasteiger partial charge is 0.494 e. The summed E-state index contributed by atoms with van der Waals surface area (Å²) >= 11 is 6.30. The van der Waals surface area contributed by atoms with E-state index in [1.54, 1.807) is 0 Å². The van der Waals surface area contributed by atoms with Crippen LogP contribution in [0.15, 0.2) is 41.4 Å². The van der Waals surface area contributed by atoms with Gasteiger partial charge in [0.05, 0.1) is 6.61 Å². The molecule has 0 fully saturated rings. The number of fused-ring (bicyclic) bond motifs is 1. The van der Waals surface area contributed by atoms with Crippen molar-refractivity contribution in [1.82, 2.24) is 0 Å². The van der Waals surface area contributed by atoms with Gasteiger partial charge in [0.15, 0.2) is 0 Å². The van der Waals surface area contributed by atoms with Gasteiger partial charge < -0.3 is 15.6 Å². The third-order valence-corrected chi connectivity index (χ3v) is 7.28. The number of carboxylic acids is 1. The number of nitrogen functional groups attached to an aromatic ring is 1. The number of anilines is 1. The molecule has 5 heteroatoms. The molecule has 2 aromatic carbocycles. The first-order valence-corrected chi connectivity index (χ1v) is 13.0. The topological polar surface area (TPSA) is 72.5 Å². The summed E-state index contributed by atoms with van der Waals surface area (Å²) in [6.07, 6.45) is 9.29. The van der Waals surface area contributed by atoms with Gasteiger partial charge in [0.25, 0.3) is 0 Å². The molecule has 34 heavy (non-hydrogen) atoms. The van der Waals surface area contributed by atoms with Gasteiger partial charge in [-0.05, 0) is 64.8 Å². The van der Waals surface area contributed by atoms with Crippen LogP contribution in [0.2, 0.25) is 0 Å². The lowest BCUT2D eigenvalue weighted by molar-refractivity contribution is -0.131. The van der Waals surface area contributed by atoms with E-state index in [1.165, 1.54) is 32.1 Å². The Hall–Kier alpha value is -2.46. The molecule has 0 saturated carbocycles. The maximum absolute atomic E-state index is 11.7. The molecule has 4 nitrogen and oxygen atoms in total. The van der Waals surface area contributed by atoms with Crippen LogP contribution in [0.5, 0.6) is 5.75 Å². The summed E-state index contributed by atoms with van der Waals surface area (Å²) in [6, 6.07) is 11.8. The summed E-state index contributed by atoms with van der Waals surface area (Å²) in [5.74, 6) is 0.00886. The van der Waals surface area contributed by atoms with Crippen LogP contribution < -0.4 is 10.5 Å². The highest BCUT2D eigenvalue weighted by atomic mass is 35.5. The molecule has 0 spiro atoms. The van der Waals surface area contributed by atoms with Crippen LogP contribution >= 0.6 is 11.6 Å². The minimum absolute atomic E-state index is 0.125. The lowest BCUT2D eigenvalue weighted by Gasteiger charge is -2.38. The van der Waals surface area contributed by atoms with Crippen molar-refractivity contribution in [2.24, 2.45) is 5.92 Å². The normalized spacial score (nSPS) is 17.0. The SMILES string of the molecule is CCCCCCCCOc1ccc(C2C(=C(Cl)C(=O)O)c3ccc(N)c(CC(C)CC)c32)cc1. The zero-order valence-corrected chi connectivity index (χ0v) is 21.5. The summed E-state index contributed by atoms with van der Waals surface area (Å²) in [5, 5.41) is 9.49. The molecule has 184 valence electrons. The summed E-state index contributed by atoms with van der Waals surface area (Å²) in [6.45, 7) is 7.32. The molecule has 0 saturated heterocycles. The summed E-state index contributed by atoms with van der Waals surface area (Å²) in [4.78, 5) is 11.7. The molecule has 2 unspecified atom stereocenters. The third kappa shape index (κ3) is 5.96. The monoisotopic (exact) mass is 483 g/mol. The predicted octanol–water partition coefficient (Wildman–Crippen LogP) is 7.78. The lowest BCUT2D eigenvalue weighted by Crippen LogP contribution is -2.24. The molecular formula is C29H38ClNO3. The Bertz CT molecular complexity index is 1010. The van der Waals surface area contributed by atoms with E-state index in [2.05, 4.69) is 20.8 Å². The summed E-state index contributed by atoms with van der Waals surface area (Å²) in [7, 11) is 0. The van der Waals surface area contributed by atoms with Crippen molar-refractivity contribution in [3.63, 3.8) is 0 Å². The fourth-order valence-corrected chi connectivity index (χ4v) is 4.92. The van der Waals surface area contributed by atoms with Crippen molar-refractivity contribution in [3.05, 3.63) is 63.7 Å². The number of hydrogen-bond acceptors (Lipinski definition) is 3. The average molecular weight is 484 g/mol. The number of unbranched alkanes of at least 4 members (excludes halogenated alkanes) is 5. The smallest absolute Gasteiger partial charge is 0.347 e. The first-order valence-electron chi connectivity index (χ1n) is 12.7. The van der Waals surface area contributed by atoms with Crippen LogP contribution in [0.3, 0.4) is 0 Å². The van der Waals surface area contributed by atoms with Crippen LogP contribution in [-0.4, -0.2) is 17.7 Å². The quantitative estimate of drug-likeness (QED) is 0.173. The molecule has 1 aliphatic rings. The van der Waals surface area contributed by atoms with E-state index in [9.17, 15) is 9.90 Å². The van der Waals surface area contributed by atoms with Crippen molar-refractivity contribution in [2.45, 2.75) is 78.1 Å². The Morgan fingerprint density at radius 1 is 1.06 bits per heavy atom. The van der Waals surface area contributed by atoms with E-state index >= 15 is 0 Å². The highest BCUT2D eigenvalue weighted by Gasteiger charge is 2.39. The summed E-state index contributed by atoms with van der Waals surface area (Å²) in [5.41, 5.74) is 11.9. The maximum atomic E-state index is 11.7. The number of aliphatic carboxylic acids is 1. The van der Waals surface area contributed by atoms with Crippen LogP contribution in [0.25, 0.3) is 5.57 Å². The molecule has 0 aliphatic heterocycles. The van der Waals surface area contributed by atoms with E-state index in [4.69, 9.17) is 22.1 Å². The fraction of sp³-hybridized carbons (Fsp3) is 0.483. The highest BCUT2D eigenvalue weighted by Crippen LogP contribution is 2.55. The van der Waals surface area contributed by atoms with Crippen molar-refractivity contribution in [1.29, 1.82) is 0 Å². The third-order valence-electron chi connectivity index (χ3n) is 6.91. The predicted molar refractivity (Wildman–Crippen MR) is 142 cm³/mol. The van der Waals surface area contributed by atoms with Crippen molar-refractivity contribution >= 4 is 28.8 Å². The van der Waals surface area contributed by atoms with Gasteiger partial charge >= 0.3 is 5.97 Å². The Morgan fingerprint density at radius 3 is 2.38 bits per heavy atom. The molecular weight excluding hydrogens is 446 g/mol. The Kier molecular flexibility index (Phi) is 9.46. The van der Waals surface area contributed by atoms with Crippen molar-refractivity contribution in [3.8, 4) is 5.75 Å². The first-order chi connectivity index (χ1) is 16.4. The van der Waals surface area contributed by atoms with Crippen LogP contribution in [0.1, 0.15) is 93.9 Å². The van der Waals surface area contributed by atoms with E-state index in [1.807, 2.05) is 36.4 Å². The van der Waals surface area contributed by atoms with Gasteiger partial charge in [-0.15, -0.1) is 0 Å². The van der Waals surface area contributed by atoms with Gasteiger partial charge in [-0.25, -0.2) is 4.79 Å². The number of ether oxygens (including phenoxy) is 1. The Balaban J connectivity index is 1.81. The maximum Gasteiger partial charge on any atom is 0.347 e. The average Bonchev–Trinajstić information content (AvgIpc) is 2.81. The number of hydrogen-bond donors (Lipinski definition) is 2. The number of carbonyl (C=O) groups is 1. The van der Waals surface area contributed by atoms with Gasteiger partial charge in [-0.1, -0.05) is 89.1 Å². The van der Waals surface area contributed by atoms with Gasteiger partial charge in [0.2, 0.25) is 0 Å². The highest BCUT2D eigenvalue weighted by molar-refractivity contribution is 6.45. The van der Waals surface area contributed by atoms with Gasteiger partial charge in [0.1, 0.15) is 10.8 Å². The molecule has 3 N–H and O–H groups in total. The number of allylic oxidation sites excluding steroid dienone is 1. The number of carboxylic acid groups (broad SMARTS) is 1. The second kappa shape index (κ2) is 12.3. The first kappa shape index (κ1) is 26.2. The number of benzene rings is 2. The van der Waals surface area contributed by atoms with Gasteiger partial charge in [-0.2, -0.15) is 0 Å². The van der Waals surface area contributed by atoms with Gasteiger partial charge in [-0.3, -0.25) is 0 Å². The molecule has 2 aromatic rings. The standard InChI is InChI=1S/C29H38ClNO3/c1-4-6-7-8-9-10-17-34-21-13-11-20(12-14-21)25-26-22(27(25)28(30)29(32)33)15-16-24(31)23(26)18-19(3)5-2/h11-16,19,25H,4-10,17-18,31H2,1-3H3,(H,32,33).